The Labute approximate surface area is 156 Å². The van der Waals surface area contributed by atoms with Crippen molar-refractivity contribution in [3.8, 4) is 11.8 Å². The standard InChI is InChI=1S/C19H20N4O4/c20-11-16(12-4-3-5-13(24)10-12)23-18(25)14-6-1-2-7-15(14)22-19(26)17-8-9-21-27-17/h3-5,8-10,14-16,24H,1-2,6-7H2,(H,22,26)(H,23,25). The number of nitriles is 1. The topological polar surface area (TPSA) is 128 Å². The van der Waals surface area contributed by atoms with Gasteiger partial charge in [0.25, 0.3) is 5.91 Å². The fraction of sp³-hybridized carbons (Fsp3) is 0.368. The number of rotatable bonds is 5. The third-order valence-electron chi connectivity index (χ3n) is 4.70. The molecule has 27 heavy (non-hydrogen) atoms. The molecule has 1 aromatic heterocycles. The minimum atomic E-state index is -0.878. The van der Waals surface area contributed by atoms with Crippen molar-refractivity contribution >= 4 is 11.8 Å². The maximum absolute atomic E-state index is 12.8. The molecule has 8 nitrogen and oxygen atoms in total. The number of carbonyl (C=O) groups excluding carboxylic acids is 2. The molecule has 3 N–H and O–H groups in total. The zero-order chi connectivity index (χ0) is 19.2. The number of hydrogen-bond acceptors (Lipinski definition) is 6. The molecule has 2 amide bonds. The molecule has 1 saturated carbocycles. The summed E-state index contributed by atoms with van der Waals surface area (Å²) in [6.45, 7) is 0. The van der Waals surface area contributed by atoms with Gasteiger partial charge in [0.15, 0.2) is 0 Å². The van der Waals surface area contributed by atoms with Crippen molar-refractivity contribution in [2.75, 3.05) is 0 Å². The van der Waals surface area contributed by atoms with Crippen LogP contribution in [0.2, 0.25) is 0 Å². The Morgan fingerprint density at radius 3 is 2.81 bits per heavy atom. The number of benzene rings is 1. The molecule has 8 heteroatoms. The Balaban J connectivity index is 1.69. The van der Waals surface area contributed by atoms with Gasteiger partial charge in [-0.2, -0.15) is 5.26 Å². The molecule has 0 bridgehead atoms. The molecule has 0 aliphatic heterocycles. The quantitative estimate of drug-likeness (QED) is 0.741. The van der Waals surface area contributed by atoms with E-state index in [2.05, 4.69) is 15.8 Å². The lowest BCUT2D eigenvalue weighted by Crippen LogP contribution is -2.48. The van der Waals surface area contributed by atoms with E-state index in [1.165, 1.54) is 24.4 Å². The van der Waals surface area contributed by atoms with Gasteiger partial charge in [-0.25, -0.2) is 0 Å². The summed E-state index contributed by atoms with van der Waals surface area (Å²) in [6, 6.07) is 8.49. The van der Waals surface area contributed by atoms with Gasteiger partial charge in [0.1, 0.15) is 11.8 Å². The van der Waals surface area contributed by atoms with Crippen LogP contribution in [0.25, 0.3) is 0 Å². The average Bonchev–Trinajstić information content (AvgIpc) is 3.21. The first kappa shape index (κ1) is 18.5. The predicted octanol–water partition coefficient (Wildman–Crippen LogP) is 2.05. The largest absolute Gasteiger partial charge is 0.508 e. The molecule has 3 unspecified atom stereocenters. The summed E-state index contributed by atoms with van der Waals surface area (Å²) in [5, 5.41) is 28.1. The van der Waals surface area contributed by atoms with Crippen LogP contribution in [0.15, 0.2) is 41.1 Å². The van der Waals surface area contributed by atoms with E-state index in [-0.39, 0.29) is 23.5 Å². The molecule has 0 radical (unpaired) electrons. The molecule has 0 spiro atoms. The summed E-state index contributed by atoms with van der Waals surface area (Å²) >= 11 is 0. The minimum absolute atomic E-state index is 0.0249. The lowest BCUT2D eigenvalue weighted by Gasteiger charge is -2.31. The smallest absolute Gasteiger partial charge is 0.290 e. The third kappa shape index (κ3) is 4.44. The highest BCUT2D eigenvalue weighted by Crippen LogP contribution is 2.26. The molecule has 2 aromatic rings. The average molecular weight is 368 g/mol. The first-order valence-corrected chi connectivity index (χ1v) is 8.79. The summed E-state index contributed by atoms with van der Waals surface area (Å²) in [5.74, 6) is -1.04. The van der Waals surface area contributed by atoms with Gasteiger partial charge in [0.2, 0.25) is 11.7 Å². The van der Waals surface area contributed by atoms with E-state index in [0.29, 0.717) is 18.4 Å². The zero-order valence-corrected chi connectivity index (χ0v) is 14.6. The number of aromatic hydroxyl groups is 1. The van der Waals surface area contributed by atoms with Gasteiger partial charge in [-0.15, -0.1) is 0 Å². The van der Waals surface area contributed by atoms with Crippen LogP contribution in [-0.2, 0) is 4.79 Å². The molecule has 3 rings (SSSR count). The molecule has 1 aromatic carbocycles. The summed E-state index contributed by atoms with van der Waals surface area (Å²) in [5.41, 5.74) is 0.504. The summed E-state index contributed by atoms with van der Waals surface area (Å²) in [7, 11) is 0. The van der Waals surface area contributed by atoms with Crippen LogP contribution in [0.3, 0.4) is 0 Å². The monoisotopic (exact) mass is 368 g/mol. The van der Waals surface area contributed by atoms with E-state index in [0.717, 1.165) is 12.8 Å². The SMILES string of the molecule is N#CC(NC(=O)C1CCCCC1NC(=O)c1ccno1)c1cccc(O)c1. The Morgan fingerprint density at radius 1 is 1.30 bits per heavy atom. The number of carbonyl (C=O) groups is 2. The Morgan fingerprint density at radius 2 is 2.11 bits per heavy atom. The summed E-state index contributed by atoms with van der Waals surface area (Å²) in [4.78, 5) is 25.0. The predicted molar refractivity (Wildman–Crippen MR) is 94.3 cm³/mol. The van der Waals surface area contributed by atoms with E-state index >= 15 is 0 Å². The molecule has 1 aliphatic carbocycles. The highest BCUT2D eigenvalue weighted by atomic mass is 16.5. The molecule has 1 aliphatic rings. The number of phenolic OH excluding ortho intramolecular Hbond substituents is 1. The van der Waals surface area contributed by atoms with Gasteiger partial charge >= 0.3 is 0 Å². The second kappa shape index (κ2) is 8.36. The number of phenols is 1. The molecular formula is C19H20N4O4. The van der Waals surface area contributed by atoms with Crippen molar-refractivity contribution in [3.63, 3.8) is 0 Å². The number of nitrogens with one attached hydrogen (secondary N) is 2. The van der Waals surface area contributed by atoms with E-state index in [9.17, 15) is 20.0 Å². The molecule has 0 saturated heterocycles. The van der Waals surface area contributed by atoms with E-state index < -0.39 is 17.9 Å². The second-order valence-corrected chi connectivity index (χ2v) is 6.51. The van der Waals surface area contributed by atoms with Crippen molar-refractivity contribution in [1.29, 1.82) is 5.26 Å². The maximum atomic E-state index is 12.8. The summed E-state index contributed by atoms with van der Waals surface area (Å²) in [6.07, 6.45) is 4.44. The minimum Gasteiger partial charge on any atom is -0.508 e. The summed E-state index contributed by atoms with van der Waals surface area (Å²) < 4.78 is 4.85. The highest BCUT2D eigenvalue weighted by Gasteiger charge is 2.33. The van der Waals surface area contributed by atoms with Crippen LogP contribution in [0, 0.1) is 17.2 Å². The first-order chi connectivity index (χ1) is 13.1. The lowest BCUT2D eigenvalue weighted by atomic mass is 9.83. The number of nitrogens with zero attached hydrogens (tertiary/aromatic N) is 2. The van der Waals surface area contributed by atoms with Crippen molar-refractivity contribution in [1.82, 2.24) is 15.8 Å². The van der Waals surface area contributed by atoms with Gasteiger partial charge in [-0.05, 0) is 30.5 Å². The number of hydrogen-bond donors (Lipinski definition) is 3. The first-order valence-electron chi connectivity index (χ1n) is 8.79. The van der Waals surface area contributed by atoms with Crippen LogP contribution < -0.4 is 10.6 Å². The van der Waals surface area contributed by atoms with Crippen molar-refractivity contribution < 1.29 is 19.2 Å². The lowest BCUT2D eigenvalue weighted by molar-refractivity contribution is -0.127. The second-order valence-electron chi connectivity index (χ2n) is 6.51. The maximum Gasteiger partial charge on any atom is 0.290 e. The van der Waals surface area contributed by atoms with Crippen LogP contribution in [0.5, 0.6) is 5.75 Å². The van der Waals surface area contributed by atoms with Crippen LogP contribution >= 0.6 is 0 Å². The number of amides is 2. The Bertz CT molecular complexity index is 844. The van der Waals surface area contributed by atoms with Crippen LogP contribution in [0.1, 0.15) is 47.8 Å². The van der Waals surface area contributed by atoms with Gasteiger partial charge < -0.3 is 20.3 Å². The number of aromatic nitrogens is 1. The third-order valence-corrected chi connectivity index (χ3v) is 4.70. The molecule has 1 fully saturated rings. The van der Waals surface area contributed by atoms with Crippen molar-refractivity contribution in [2.45, 2.75) is 37.8 Å². The molecule has 140 valence electrons. The molecular weight excluding hydrogens is 348 g/mol. The normalized spacial score (nSPS) is 20.3. The van der Waals surface area contributed by atoms with E-state index in [1.807, 2.05) is 6.07 Å². The van der Waals surface area contributed by atoms with Crippen molar-refractivity contribution in [3.05, 3.63) is 47.9 Å². The Hall–Kier alpha value is -3.34. The van der Waals surface area contributed by atoms with Gasteiger partial charge in [-0.1, -0.05) is 30.1 Å². The van der Waals surface area contributed by atoms with Crippen LogP contribution in [-0.4, -0.2) is 28.1 Å². The van der Waals surface area contributed by atoms with Gasteiger partial charge in [0, 0.05) is 12.1 Å². The molecule has 1 heterocycles. The van der Waals surface area contributed by atoms with E-state index in [4.69, 9.17) is 4.52 Å². The fourth-order valence-electron chi connectivity index (χ4n) is 3.33. The van der Waals surface area contributed by atoms with Crippen LogP contribution in [0.4, 0.5) is 0 Å². The van der Waals surface area contributed by atoms with Gasteiger partial charge in [-0.3, -0.25) is 9.59 Å². The van der Waals surface area contributed by atoms with E-state index in [1.54, 1.807) is 12.1 Å². The zero-order valence-electron chi connectivity index (χ0n) is 14.6. The van der Waals surface area contributed by atoms with Crippen molar-refractivity contribution in [2.24, 2.45) is 5.92 Å². The highest BCUT2D eigenvalue weighted by molar-refractivity contribution is 5.92. The van der Waals surface area contributed by atoms with Gasteiger partial charge in [0.05, 0.1) is 18.2 Å². The Kier molecular flexibility index (Phi) is 5.71. The molecule has 3 atom stereocenters. The fourth-order valence-corrected chi connectivity index (χ4v) is 3.33.